The Labute approximate surface area is 87.0 Å². The molecule has 2 rings (SSSR count). The van der Waals surface area contributed by atoms with Gasteiger partial charge >= 0.3 is 5.63 Å². The normalized spacial score (nSPS) is 13.0. The van der Waals surface area contributed by atoms with Crippen molar-refractivity contribution in [3.63, 3.8) is 0 Å². The first-order valence-electron chi connectivity index (χ1n) is 4.80. The monoisotopic (exact) mass is 204 g/mol. The summed E-state index contributed by atoms with van der Waals surface area (Å²) >= 11 is 0. The van der Waals surface area contributed by atoms with E-state index in [-0.39, 0.29) is 5.63 Å². The van der Waals surface area contributed by atoms with Gasteiger partial charge in [0.25, 0.3) is 0 Å². The third-order valence-corrected chi connectivity index (χ3v) is 2.46. The van der Waals surface area contributed by atoms with Crippen molar-refractivity contribution in [2.24, 2.45) is 0 Å². The summed E-state index contributed by atoms with van der Waals surface area (Å²) in [6.07, 6.45) is -0.555. The number of aryl methyl sites for hydroxylation is 1. The molecule has 1 atom stereocenters. The number of benzene rings is 1. The van der Waals surface area contributed by atoms with Crippen LogP contribution in [0.5, 0.6) is 0 Å². The molecule has 2 aromatic rings. The van der Waals surface area contributed by atoms with Gasteiger partial charge in [-0.25, -0.2) is 4.79 Å². The molecule has 1 unspecified atom stereocenters. The van der Waals surface area contributed by atoms with Crippen molar-refractivity contribution in [3.8, 4) is 0 Å². The van der Waals surface area contributed by atoms with Crippen molar-refractivity contribution in [2.75, 3.05) is 0 Å². The molecule has 3 nitrogen and oxygen atoms in total. The van der Waals surface area contributed by atoms with Crippen LogP contribution < -0.4 is 5.63 Å². The van der Waals surface area contributed by atoms with E-state index in [4.69, 9.17) is 4.42 Å². The SMILES string of the molecule is Cc1cc(=O)oc2cc(C(C)O)ccc12. The molecule has 0 aliphatic heterocycles. The van der Waals surface area contributed by atoms with Gasteiger partial charge in [-0.15, -0.1) is 0 Å². The van der Waals surface area contributed by atoms with Crippen LogP contribution in [0.4, 0.5) is 0 Å². The zero-order valence-corrected chi connectivity index (χ0v) is 8.65. The summed E-state index contributed by atoms with van der Waals surface area (Å²) in [6, 6.07) is 6.86. The van der Waals surface area contributed by atoms with Gasteiger partial charge in [0.05, 0.1) is 6.10 Å². The Balaban J connectivity index is 2.76. The molecule has 3 heteroatoms. The number of rotatable bonds is 1. The molecule has 78 valence electrons. The van der Waals surface area contributed by atoms with Crippen molar-refractivity contribution in [2.45, 2.75) is 20.0 Å². The number of hydrogen-bond acceptors (Lipinski definition) is 3. The second kappa shape index (κ2) is 3.51. The second-order valence-corrected chi connectivity index (χ2v) is 3.68. The molecule has 15 heavy (non-hydrogen) atoms. The molecule has 0 amide bonds. The zero-order chi connectivity index (χ0) is 11.0. The molecule has 0 aliphatic carbocycles. The maximum atomic E-state index is 11.2. The first-order valence-corrected chi connectivity index (χ1v) is 4.80. The van der Waals surface area contributed by atoms with Crippen LogP contribution in [0.1, 0.15) is 24.2 Å². The Hall–Kier alpha value is -1.61. The van der Waals surface area contributed by atoms with Crippen LogP contribution in [0, 0.1) is 6.92 Å². The van der Waals surface area contributed by atoms with Gasteiger partial charge in [-0.3, -0.25) is 0 Å². The summed E-state index contributed by atoms with van der Waals surface area (Å²) in [5.74, 6) is 0. The van der Waals surface area contributed by atoms with Crippen molar-refractivity contribution in [3.05, 3.63) is 45.8 Å². The minimum atomic E-state index is -0.555. The standard InChI is InChI=1S/C12H12O3/c1-7-5-12(14)15-11-6-9(8(2)13)3-4-10(7)11/h3-6,8,13H,1-2H3. The lowest BCUT2D eigenvalue weighted by atomic mass is 10.1. The van der Waals surface area contributed by atoms with E-state index in [1.165, 1.54) is 6.07 Å². The maximum Gasteiger partial charge on any atom is 0.336 e. The lowest BCUT2D eigenvalue weighted by Crippen LogP contribution is -1.99. The van der Waals surface area contributed by atoms with Gasteiger partial charge in [-0.2, -0.15) is 0 Å². The number of aliphatic hydroxyl groups excluding tert-OH is 1. The van der Waals surface area contributed by atoms with E-state index in [2.05, 4.69) is 0 Å². The summed E-state index contributed by atoms with van der Waals surface area (Å²) < 4.78 is 5.07. The van der Waals surface area contributed by atoms with Gasteiger partial charge in [0.2, 0.25) is 0 Å². The molecule has 1 heterocycles. The van der Waals surface area contributed by atoms with Gasteiger partial charge in [0.1, 0.15) is 5.58 Å². The minimum Gasteiger partial charge on any atom is -0.423 e. The van der Waals surface area contributed by atoms with Crippen LogP contribution in [0.15, 0.2) is 33.5 Å². The highest BCUT2D eigenvalue weighted by molar-refractivity contribution is 5.80. The Morgan fingerprint density at radius 2 is 2.07 bits per heavy atom. The fourth-order valence-electron chi connectivity index (χ4n) is 1.60. The molecular weight excluding hydrogens is 192 g/mol. The topological polar surface area (TPSA) is 50.4 Å². The van der Waals surface area contributed by atoms with Crippen LogP contribution in [0.3, 0.4) is 0 Å². The predicted molar refractivity (Wildman–Crippen MR) is 57.9 cm³/mol. The summed E-state index contributed by atoms with van der Waals surface area (Å²) in [5, 5.41) is 10.3. The predicted octanol–water partition coefficient (Wildman–Crippen LogP) is 2.15. The molecule has 0 bridgehead atoms. The fourth-order valence-corrected chi connectivity index (χ4v) is 1.60. The van der Waals surface area contributed by atoms with E-state index in [0.29, 0.717) is 5.58 Å². The lowest BCUT2D eigenvalue weighted by molar-refractivity contribution is 0.199. The van der Waals surface area contributed by atoms with Crippen LogP contribution in [-0.4, -0.2) is 5.11 Å². The summed E-state index contributed by atoms with van der Waals surface area (Å²) in [6.45, 7) is 3.54. The highest BCUT2D eigenvalue weighted by Crippen LogP contribution is 2.21. The molecule has 0 spiro atoms. The van der Waals surface area contributed by atoms with E-state index in [1.807, 2.05) is 19.1 Å². The summed E-state index contributed by atoms with van der Waals surface area (Å²) in [7, 11) is 0. The Kier molecular flexibility index (Phi) is 2.32. The minimum absolute atomic E-state index is 0.359. The highest BCUT2D eigenvalue weighted by atomic mass is 16.4. The molecule has 1 aromatic heterocycles. The largest absolute Gasteiger partial charge is 0.423 e. The van der Waals surface area contributed by atoms with E-state index in [1.54, 1.807) is 13.0 Å². The maximum absolute atomic E-state index is 11.2. The number of fused-ring (bicyclic) bond motifs is 1. The van der Waals surface area contributed by atoms with Gasteiger partial charge < -0.3 is 9.52 Å². The number of aliphatic hydroxyl groups is 1. The van der Waals surface area contributed by atoms with Crippen LogP contribution in [0.2, 0.25) is 0 Å². The average molecular weight is 204 g/mol. The van der Waals surface area contributed by atoms with Gasteiger partial charge in [-0.1, -0.05) is 12.1 Å². The first-order chi connectivity index (χ1) is 7.08. The quantitative estimate of drug-likeness (QED) is 0.724. The van der Waals surface area contributed by atoms with Crippen molar-refractivity contribution < 1.29 is 9.52 Å². The van der Waals surface area contributed by atoms with E-state index >= 15 is 0 Å². The smallest absolute Gasteiger partial charge is 0.336 e. The second-order valence-electron chi connectivity index (χ2n) is 3.68. The third-order valence-electron chi connectivity index (χ3n) is 2.46. The molecular formula is C12H12O3. The molecule has 1 N–H and O–H groups in total. The lowest BCUT2D eigenvalue weighted by Gasteiger charge is -2.06. The summed E-state index contributed by atoms with van der Waals surface area (Å²) in [5.41, 5.74) is 1.80. The summed E-state index contributed by atoms with van der Waals surface area (Å²) in [4.78, 5) is 11.2. The van der Waals surface area contributed by atoms with Crippen LogP contribution in [-0.2, 0) is 0 Å². The van der Waals surface area contributed by atoms with Gasteiger partial charge in [0, 0.05) is 11.5 Å². The van der Waals surface area contributed by atoms with Gasteiger partial charge in [-0.05, 0) is 31.0 Å². The first kappa shape index (κ1) is 9.93. The van der Waals surface area contributed by atoms with Crippen molar-refractivity contribution in [1.29, 1.82) is 0 Å². The van der Waals surface area contributed by atoms with Crippen LogP contribution in [0.25, 0.3) is 11.0 Å². The Bertz CT molecular complexity index is 552. The van der Waals surface area contributed by atoms with E-state index in [9.17, 15) is 9.90 Å². The molecule has 0 aliphatic rings. The van der Waals surface area contributed by atoms with E-state index in [0.717, 1.165) is 16.5 Å². The molecule has 0 saturated heterocycles. The molecule has 1 aromatic carbocycles. The molecule has 0 radical (unpaired) electrons. The highest BCUT2D eigenvalue weighted by Gasteiger charge is 2.05. The average Bonchev–Trinajstić information content (AvgIpc) is 2.16. The van der Waals surface area contributed by atoms with Crippen molar-refractivity contribution >= 4 is 11.0 Å². The zero-order valence-electron chi connectivity index (χ0n) is 8.65. The van der Waals surface area contributed by atoms with Gasteiger partial charge in [0.15, 0.2) is 0 Å². The fraction of sp³-hybridized carbons (Fsp3) is 0.250. The third kappa shape index (κ3) is 1.78. The number of hydrogen-bond donors (Lipinski definition) is 1. The van der Waals surface area contributed by atoms with Crippen molar-refractivity contribution in [1.82, 2.24) is 0 Å². The Morgan fingerprint density at radius 1 is 1.33 bits per heavy atom. The molecule has 0 saturated carbocycles. The van der Waals surface area contributed by atoms with Crippen LogP contribution >= 0.6 is 0 Å². The van der Waals surface area contributed by atoms with E-state index < -0.39 is 6.10 Å². The molecule has 0 fully saturated rings. The Morgan fingerprint density at radius 3 is 2.73 bits per heavy atom.